The molecular weight excluding hydrogens is 204 g/mol. The number of phenolic OH excluding ortho intramolecular Hbond substituents is 1. The average molecular weight is 218 g/mol. The van der Waals surface area contributed by atoms with Crippen LogP contribution >= 0.6 is 0 Å². The van der Waals surface area contributed by atoms with Crippen molar-refractivity contribution >= 4 is 5.91 Å². The number of carbonyl (C=O) groups excluding carboxylic acids is 1. The van der Waals surface area contributed by atoms with Gasteiger partial charge in [-0.05, 0) is 31.2 Å². The predicted molar refractivity (Wildman–Crippen MR) is 59.9 cm³/mol. The van der Waals surface area contributed by atoms with E-state index in [1.165, 1.54) is 17.0 Å². The quantitative estimate of drug-likeness (QED) is 0.840. The van der Waals surface area contributed by atoms with Gasteiger partial charge < -0.3 is 10.0 Å². The minimum Gasteiger partial charge on any atom is -0.508 e. The highest BCUT2D eigenvalue weighted by atomic mass is 16.3. The van der Waals surface area contributed by atoms with E-state index in [1.54, 1.807) is 19.2 Å². The van der Waals surface area contributed by atoms with Gasteiger partial charge in [0, 0.05) is 18.7 Å². The largest absolute Gasteiger partial charge is 0.508 e. The molecular formula is C12H14N2O2. The summed E-state index contributed by atoms with van der Waals surface area (Å²) in [7, 11) is 1.66. The van der Waals surface area contributed by atoms with Crippen LogP contribution in [0, 0.1) is 11.3 Å². The van der Waals surface area contributed by atoms with E-state index in [-0.39, 0.29) is 17.7 Å². The van der Waals surface area contributed by atoms with Crippen molar-refractivity contribution in [2.45, 2.75) is 19.4 Å². The Morgan fingerprint density at radius 2 is 2.06 bits per heavy atom. The lowest BCUT2D eigenvalue weighted by molar-refractivity contribution is 0.0746. The lowest BCUT2D eigenvalue weighted by atomic mass is 10.1. The van der Waals surface area contributed by atoms with Gasteiger partial charge in [0.1, 0.15) is 5.75 Å². The van der Waals surface area contributed by atoms with Crippen LogP contribution in [0.1, 0.15) is 23.7 Å². The maximum Gasteiger partial charge on any atom is 0.253 e. The highest BCUT2D eigenvalue weighted by Crippen LogP contribution is 2.13. The molecule has 0 spiro atoms. The third kappa shape index (κ3) is 2.74. The summed E-state index contributed by atoms with van der Waals surface area (Å²) in [5.41, 5.74) is 0.505. The first-order valence-corrected chi connectivity index (χ1v) is 4.99. The van der Waals surface area contributed by atoms with E-state index >= 15 is 0 Å². The van der Waals surface area contributed by atoms with Crippen LogP contribution in [-0.2, 0) is 0 Å². The summed E-state index contributed by atoms with van der Waals surface area (Å²) >= 11 is 0. The van der Waals surface area contributed by atoms with E-state index in [1.807, 2.05) is 13.0 Å². The van der Waals surface area contributed by atoms with Crippen LogP contribution in [0.3, 0.4) is 0 Å². The van der Waals surface area contributed by atoms with Gasteiger partial charge in [0.25, 0.3) is 5.91 Å². The van der Waals surface area contributed by atoms with Gasteiger partial charge in [-0.3, -0.25) is 4.79 Å². The minimum atomic E-state index is -0.150. The molecule has 0 aliphatic carbocycles. The zero-order chi connectivity index (χ0) is 12.1. The molecule has 1 rings (SSSR count). The topological polar surface area (TPSA) is 64.3 Å². The maximum absolute atomic E-state index is 11.9. The predicted octanol–water partition coefficient (Wildman–Crippen LogP) is 1.77. The van der Waals surface area contributed by atoms with Gasteiger partial charge in [0.05, 0.1) is 12.5 Å². The summed E-state index contributed by atoms with van der Waals surface area (Å²) in [6.45, 7) is 1.82. The van der Waals surface area contributed by atoms with Crippen molar-refractivity contribution in [3.8, 4) is 11.8 Å². The normalized spacial score (nSPS) is 11.6. The molecule has 1 amide bonds. The molecule has 1 aromatic carbocycles. The molecule has 1 unspecified atom stereocenters. The van der Waals surface area contributed by atoms with Gasteiger partial charge in [0.15, 0.2) is 0 Å². The molecule has 1 atom stereocenters. The number of nitrogens with zero attached hydrogens (tertiary/aromatic N) is 2. The van der Waals surface area contributed by atoms with Crippen molar-refractivity contribution in [2.75, 3.05) is 7.05 Å². The molecule has 0 fully saturated rings. The maximum atomic E-state index is 11.9. The first kappa shape index (κ1) is 12.1. The summed E-state index contributed by atoms with van der Waals surface area (Å²) in [4.78, 5) is 13.4. The summed E-state index contributed by atoms with van der Waals surface area (Å²) in [5, 5.41) is 17.7. The Morgan fingerprint density at radius 3 is 2.56 bits per heavy atom. The molecule has 0 aliphatic heterocycles. The van der Waals surface area contributed by atoms with Gasteiger partial charge in [-0.1, -0.05) is 0 Å². The minimum absolute atomic E-state index is 0.119. The Morgan fingerprint density at radius 1 is 1.50 bits per heavy atom. The second-order valence-electron chi connectivity index (χ2n) is 3.67. The van der Waals surface area contributed by atoms with Crippen molar-refractivity contribution in [3.63, 3.8) is 0 Å². The zero-order valence-electron chi connectivity index (χ0n) is 9.34. The number of benzene rings is 1. The first-order chi connectivity index (χ1) is 7.56. The van der Waals surface area contributed by atoms with Gasteiger partial charge >= 0.3 is 0 Å². The fourth-order valence-corrected chi connectivity index (χ4v) is 1.28. The molecule has 16 heavy (non-hydrogen) atoms. The van der Waals surface area contributed by atoms with Gasteiger partial charge in [0.2, 0.25) is 0 Å². The van der Waals surface area contributed by atoms with Crippen LogP contribution in [0.2, 0.25) is 0 Å². The van der Waals surface area contributed by atoms with E-state index in [0.717, 1.165) is 0 Å². The number of hydrogen-bond donors (Lipinski definition) is 1. The molecule has 1 aromatic rings. The molecule has 84 valence electrons. The van der Waals surface area contributed by atoms with Gasteiger partial charge in [-0.2, -0.15) is 5.26 Å². The van der Waals surface area contributed by atoms with Crippen LogP contribution in [0.15, 0.2) is 24.3 Å². The highest BCUT2D eigenvalue weighted by molar-refractivity contribution is 5.94. The lowest BCUT2D eigenvalue weighted by Crippen LogP contribution is -2.34. The van der Waals surface area contributed by atoms with E-state index in [2.05, 4.69) is 0 Å². The van der Waals surface area contributed by atoms with Crippen molar-refractivity contribution in [1.29, 1.82) is 5.26 Å². The summed E-state index contributed by atoms with van der Waals surface area (Å²) in [6, 6.07) is 7.97. The number of aromatic hydroxyl groups is 1. The molecule has 0 heterocycles. The summed E-state index contributed by atoms with van der Waals surface area (Å²) in [5.74, 6) is -0.0213. The smallest absolute Gasteiger partial charge is 0.253 e. The van der Waals surface area contributed by atoms with E-state index < -0.39 is 0 Å². The molecule has 4 nitrogen and oxygen atoms in total. The number of carbonyl (C=O) groups is 1. The standard InChI is InChI=1S/C12H14N2O2/c1-9(7-8-13)14(2)12(16)10-3-5-11(15)6-4-10/h3-6,9,15H,7H2,1-2H3. The van der Waals surface area contributed by atoms with Crippen LogP contribution in [0.25, 0.3) is 0 Å². The highest BCUT2D eigenvalue weighted by Gasteiger charge is 2.16. The average Bonchev–Trinajstić information content (AvgIpc) is 2.28. The van der Waals surface area contributed by atoms with Gasteiger partial charge in [-0.15, -0.1) is 0 Å². The van der Waals surface area contributed by atoms with E-state index in [9.17, 15) is 4.79 Å². The molecule has 1 N–H and O–H groups in total. The van der Waals surface area contributed by atoms with Crippen LogP contribution in [0.4, 0.5) is 0 Å². The molecule has 0 bridgehead atoms. The Bertz CT molecular complexity index is 406. The number of amides is 1. The third-order valence-electron chi connectivity index (χ3n) is 2.48. The fraction of sp³-hybridized carbons (Fsp3) is 0.333. The van der Waals surface area contributed by atoms with E-state index in [0.29, 0.717) is 12.0 Å². The second-order valence-corrected chi connectivity index (χ2v) is 3.67. The van der Waals surface area contributed by atoms with Crippen LogP contribution in [0.5, 0.6) is 5.75 Å². The van der Waals surface area contributed by atoms with Crippen molar-refractivity contribution in [3.05, 3.63) is 29.8 Å². The van der Waals surface area contributed by atoms with Crippen molar-refractivity contribution < 1.29 is 9.90 Å². The van der Waals surface area contributed by atoms with Crippen LogP contribution in [-0.4, -0.2) is 29.0 Å². The molecule has 0 aliphatic rings. The molecule has 0 saturated heterocycles. The SMILES string of the molecule is CC(CC#N)N(C)C(=O)c1ccc(O)cc1. The Balaban J connectivity index is 2.78. The number of hydrogen-bond acceptors (Lipinski definition) is 3. The number of rotatable bonds is 3. The van der Waals surface area contributed by atoms with E-state index in [4.69, 9.17) is 10.4 Å². The van der Waals surface area contributed by atoms with Gasteiger partial charge in [-0.25, -0.2) is 0 Å². The Kier molecular flexibility index (Phi) is 3.90. The Hall–Kier alpha value is -2.02. The molecule has 0 aromatic heterocycles. The lowest BCUT2D eigenvalue weighted by Gasteiger charge is -2.22. The summed E-state index contributed by atoms with van der Waals surface area (Å²) in [6.07, 6.45) is 0.306. The monoisotopic (exact) mass is 218 g/mol. The second kappa shape index (κ2) is 5.17. The molecule has 0 saturated carbocycles. The molecule has 0 radical (unpaired) electrons. The van der Waals surface area contributed by atoms with Crippen molar-refractivity contribution in [2.24, 2.45) is 0 Å². The summed E-state index contributed by atoms with van der Waals surface area (Å²) < 4.78 is 0. The molecule has 4 heteroatoms. The number of nitriles is 1. The van der Waals surface area contributed by atoms with Crippen LogP contribution < -0.4 is 0 Å². The zero-order valence-corrected chi connectivity index (χ0v) is 9.34. The van der Waals surface area contributed by atoms with Crippen molar-refractivity contribution in [1.82, 2.24) is 4.90 Å². The Labute approximate surface area is 94.7 Å². The third-order valence-corrected chi connectivity index (χ3v) is 2.48. The first-order valence-electron chi connectivity index (χ1n) is 4.99. The number of phenols is 1. The fourth-order valence-electron chi connectivity index (χ4n) is 1.28.